The highest BCUT2D eigenvalue weighted by Gasteiger charge is 2.16. The second-order valence-corrected chi connectivity index (χ2v) is 6.65. The van der Waals surface area contributed by atoms with Crippen LogP contribution >= 0.6 is 11.3 Å². The highest BCUT2D eigenvalue weighted by atomic mass is 32.1. The average Bonchev–Trinajstić information content (AvgIpc) is 3.10. The smallest absolute Gasteiger partial charge is 0.226 e. The van der Waals surface area contributed by atoms with Crippen LogP contribution in [0.1, 0.15) is 24.1 Å². The molecular formula is C17H17FN2OS. The Bertz CT molecular complexity index is 706. The molecule has 1 aromatic carbocycles. The molecule has 114 valence electrons. The van der Waals surface area contributed by atoms with E-state index in [9.17, 15) is 9.18 Å². The first-order valence-corrected chi connectivity index (χ1v) is 8.13. The van der Waals surface area contributed by atoms with Crippen LogP contribution < -0.4 is 5.32 Å². The summed E-state index contributed by atoms with van der Waals surface area (Å²) in [7, 11) is 0. The molecule has 5 heteroatoms. The van der Waals surface area contributed by atoms with Gasteiger partial charge in [0, 0.05) is 16.9 Å². The van der Waals surface area contributed by atoms with E-state index in [0.29, 0.717) is 17.5 Å². The van der Waals surface area contributed by atoms with E-state index >= 15 is 0 Å². The molecule has 1 heterocycles. The van der Waals surface area contributed by atoms with E-state index in [1.807, 2.05) is 6.92 Å². The van der Waals surface area contributed by atoms with Crippen molar-refractivity contribution in [1.29, 1.82) is 0 Å². The average molecular weight is 316 g/mol. The second-order valence-electron chi connectivity index (χ2n) is 5.45. The molecule has 0 saturated heterocycles. The van der Waals surface area contributed by atoms with E-state index in [1.165, 1.54) is 23.5 Å². The molecule has 0 fully saturated rings. The fraction of sp³-hybridized carbons (Fsp3) is 0.294. The van der Waals surface area contributed by atoms with Crippen molar-refractivity contribution in [2.45, 2.75) is 26.2 Å². The SMILES string of the molecule is Cc1sc(NC(=O)C[C@@H]2C=CCC2)nc1-c1ccc(F)cc1. The number of thiazole rings is 1. The number of nitrogens with one attached hydrogen (secondary N) is 1. The highest BCUT2D eigenvalue weighted by molar-refractivity contribution is 7.16. The summed E-state index contributed by atoms with van der Waals surface area (Å²) < 4.78 is 13.0. The summed E-state index contributed by atoms with van der Waals surface area (Å²) in [6.07, 6.45) is 6.84. The maximum absolute atomic E-state index is 13.0. The van der Waals surface area contributed by atoms with Gasteiger partial charge in [0.25, 0.3) is 0 Å². The first-order valence-electron chi connectivity index (χ1n) is 7.31. The number of benzene rings is 1. The molecule has 2 aromatic rings. The number of hydrogen-bond acceptors (Lipinski definition) is 3. The lowest BCUT2D eigenvalue weighted by molar-refractivity contribution is -0.116. The van der Waals surface area contributed by atoms with E-state index in [4.69, 9.17) is 0 Å². The Hall–Kier alpha value is -2.01. The number of amides is 1. The number of aryl methyl sites for hydroxylation is 1. The van der Waals surface area contributed by atoms with Crippen LogP contribution in [0, 0.1) is 18.7 Å². The van der Waals surface area contributed by atoms with Crippen molar-refractivity contribution in [1.82, 2.24) is 4.98 Å². The van der Waals surface area contributed by atoms with E-state index in [2.05, 4.69) is 22.5 Å². The van der Waals surface area contributed by atoms with Gasteiger partial charge in [-0.2, -0.15) is 0 Å². The van der Waals surface area contributed by atoms with Crippen molar-refractivity contribution >= 4 is 22.4 Å². The molecule has 0 spiro atoms. The Balaban J connectivity index is 1.70. The third-order valence-electron chi connectivity index (χ3n) is 3.72. The lowest BCUT2D eigenvalue weighted by Gasteiger charge is -2.06. The number of anilines is 1. The Labute approximate surface area is 132 Å². The van der Waals surface area contributed by atoms with Gasteiger partial charge in [0.2, 0.25) is 5.91 Å². The molecule has 1 aliphatic rings. The number of hydrogen-bond donors (Lipinski definition) is 1. The third kappa shape index (κ3) is 3.42. The van der Waals surface area contributed by atoms with Crippen molar-refractivity contribution in [3.05, 3.63) is 47.1 Å². The highest BCUT2D eigenvalue weighted by Crippen LogP contribution is 2.31. The molecule has 0 unspecified atom stereocenters. The van der Waals surface area contributed by atoms with Crippen LogP contribution in [0.15, 0.2) is 36.4 Å². The number of allylic oxidation sites excluding steroid dienone is 2. The third-order valence-corrected chi connectivity index (χ3v) is 4.61. The summed E-state index contributed by atoms with van der Waals surface area (Å²) in [5, 5.41) is 3.47. The minimum absolute atomic E-state index is 0.00374. The van der Waals surface area contributed by atoms with Gasteiger partial charge >= 0.3 is 0 Å². The van der Waals surface area contributed by atoms with Crippen molar-refractivity contribution < 1.29 is 9.18 Å². The molecule has 1 amide bonds. The van der Waals surface area contributed by atoms with Gasteiger partial charge in [-0.15, -0.1) is 11.3 Å². The lowest BCUT2D eigenvalue weighted by atomic mass is 10.1. The Morgan fingerprint density at radius 3 is 2.86 bits per heavy atom. The first kappa shape index (κ1) is 14.9. The summed E-state index contributed by atoms with van der Waals surface area (Å²) in [5.74, 6) is 0.0726. The first-order chi connectivity index (χ1) is 10.6. The predicted molar refractivity (Wildman–Crippen MR) is 87.4 cm³/mol. The molecule has 22 heavy (non-hydrogen) atoms. The van der Waals surface area contributed by atoms with Crippen LogP contribution in [0.3, 0.4) is 0 Å². The fourth-order valence-corrected chi connectivity index (χ4v) is 3.45. The predicted octanol–water partition coefficient (Wildman–Crippen LogP) is 4.55. The summed E-state index contributed by atoms with van der Waals surface area (Å²) in [6.45, 7) is 1.95. The maximum Gasteiger partial charge on any atom is 0.226 e. The van der Waals surface area contributed by atoms with Crippen LogP contribution in [0.2, 0.25) is 0 Å². The van der Waals surface area contributed by atoms with Gasteiger partial charge in [-0.05, 0) is 49.9 Å². The Morgan fingerprint density at radius 1 is 1.41 bits per heavy atom. The quantitative estimate of drug-likeness (QED) is 0.841. The zero-order chi connectivity index (χ0) is 15.5. The summed E-state index contributed by atoms with van der Waals surface area (Å²) in [5.41, 5.74) is 1.65. The molecule has 0 bridgehead atoms. The van der Waals surface area contributed by atoms with Gasteiger partial charge in [0.15, 0.2) is 5.13 Å². The van der Waals surface area contributed by atoms with Crippen LogP contribution in [-0.4, -0.2) is 10.9 Å². The fourth-order valence-electron chi connectivity index (χ4n) is 2.60. The number of carbonyl (C=O) groups excluding carboxylic acids is 1. The molecule has 1 atom stereocenters. The molecule has 3 nitrogen and oxygen atoms in total. The van der Waals surface area contributed by atoms with E-state index in [0.717, 1.165) is 29.0 Å². The lowest BCUT2D eigenvalue weighted by Crippen LogP contribution is -2.14. The number of nitrogens with zero attached hydrogens (tertiary/aromatic N) is 1. The molecular weight excluding hydrogens is 299 g/mol. The van der Waals surface area contributed by atoms with Gasteiger partial charge < -0.3 is 5.32 Å². The monoisotopic (exact) mass is 316 g/mol. The number of rotatable bonds is 4. The molecule has 0 aliphatic heterocycles. The summed E-state index contributed by atoms with van der Waals surface area (Å²) in [4.78, 5) is 17.5. The largest absolute Gasteiger partial charge is 0.302 e. The Morgan fingerprint density at radius 2 is 2.18 bits per heavy atom. The van der Waals surface area contributed by atoms with Crippen molar-refractivity contribution in [3.63, 3.8) is 0 Å². The minimum atomic E-state index is -0.269. The number of aromatic nitrogens is 1. The molecule has 0 saturated carbocycles. The zero-order valence-corrected chi connectivity index (χ0v) is 13.1. The van der Waals surface area contributed by atoms with Crippen LogP contribution in [0.25, 0.3) is 11.3 Å². The number of halogens is 1. The Kier molecular flexibility index (Phi) is 4.34. The van der Waals surface area contributed by atoms with E-state index < -0.39 is 0 Å². The van der Waals surface area contributed by atoms with Gasteiger partial charge in [0.05, 0.1) is 5.69 Å². The topological polar surface area (TPSA) is 42.0 Å². The van der Waals surface area contributed by atoms with Crippen LogP contribution in [0.5, 0.6) is 0 Å². The standard InChI is InChI=1S/C17H17FN2OS/c1-11-16(13-6-8-14(18)9-7-13)20-17(22-11)19-15(21)10-12-4-2-3-5-12/h2,4,6-9,12H,3,5,10H2,1H3,(H,19,20,21)/t12-/m1/s1. The molecule has 1 aromatic heterocycles. The normalized spacial score (nSPS) is 16.9. The molecule has 0 radical (unpaired) electrons. The second kappa shape index (κ2) is 6.40. The van der Waals surface area contributed by atoms with Crippen molar-refractivity contribution in [3.8, 4) is 11.3 Å². The van der Waals surface area contributed by atoms with Gasteiger partial charge in [-0.25, -0.2) is 9.37 Å². The summed E-state index contributed by atoms with van der Waals surface area (Å²) in [6, 6.07) is 6.23. The maximum atomic E-state index is 13.0. The van der Waals surface area contributed by atoms with Crippen molar-refractivity contribution in [2.24, 2.45) is 5.92 Å². The minimum Gasteiger partial charge on any atom is -0.302 e. The molecule has 1 aliphatic carbocycles. The van der Waals surface area contributed by atoms with Gasteiger partial charge in [-0.3, -0.25) is 4.79 Å². The summed E-state index contributed by atoms with van der Waals surface area (Å²) >= 11 is 1.44. The van der Waals surface area contributed by atoms with Crippen molar-refractivity contribution in [2.75, 3.05) is 5.32 Å². The van der Waals surface area contributed by atoms with E-state index in [-0.39, 0.29) is 11.7 Å². The number of carbonyl (C=O) groups is 1. The molecule has 3 rings (SSSR count). The molecule has 1 N–H and O–H groups in total. The van der Waals surface area contributed by atoms with Gasteiger partial charge in [-0.1, -0.05) is 12.2 Å². The zero-order valence-electron chi connectivity index (χ0n) is 12.3. The van der Waals surface area contributed by atoms with Gasteiger partial charge in [0.1, 0.15) is 5.82 Å². The van der Waals surface area contributed by atoms with E-state index in [1.54, 1.807) is 12.1 Å². The van der Waals surface area contributed by atoms with Crippen LogP contribution in [-0.2, 0) is 4.79 Å². The van der Waals surface area contributed by atoms with Crippen LogP contribution in [0.4, 0.5) is 9.52 Å².